The maximum absolute atomic E-state index is 12.5. The number of hydrogen-bond donors (Lipinski definition) is 0. The summed E-state index contributed by atoms with van der Waals surface area (Å²) in [5.41, 5.74) is 1.23. The van der Waals surface area contributed by atoms with Crippen molar-refractivity contribution in [3.05, 3.63) is 34.6 Å². The van der Waals surface area contributed by atoms with Gasteiger partial charge in [-0.1, -0.05) is 18.5 Å². The molecule has 0 spiro atoms. The Bertz CT molecular complexity index is 799. The molecular weight excluding hydrogens is 356 g/mol. The first kappa shape index (κ1) is 20.0. The van der Waals surface area contributed by atoms with Gasteiger partial charge in [-0.3, -0.25) is 14.4 Å². The number of anilines is 2. The van der Waals surface area contributed by atoms with Crippen LogP contribution in [0.15, 0.2) is 29.5 Å². The minimum atomic E-state index is -0.843. The van der Waals surface area contributed by atoms with Crippen LogP contribution < -0.4 is 14.9 Å². The monoisotopic (exact) mass is 377 g/mol. The molecule has 1 aliphatic heterocycles. The zero-order chi connectivity index (χ0) is 19.8. The van der Waals surface area contributed by atoms with Crippen molar-refractivity contribution >= 4 is 40.4 Å². The molecule has 0 radical (unpaired) electrons. The maximum Gasteiger partial charge on any atom is 0.224 e. The van der Waals surface area contributed by atoms with Crippen molar-refractivity contribution in [2.24, 2.45) is 0 Å². The van der Waals surface area contributed by atoms with Crippen LogP contribution in [0.5, 0.6) is 0 Å². The molecule has 26 heavy (non-hydrogen) atoms. The van der Waals surface area contributed by atoms with E-state index in [4.69, 9.17) is 11.6 Å². The van der Waals surface area contributed by atoms with Crippen molar-refractivity contribution in [2.75, 3.05) is 16.8 Å². The fourth-order valence-corrected chi connectivity index (χ4v) is 3.76. The second-order valence-corrected chi connectivity index (χ2v) is 7.01. The summed E-state index contributed by atoms with van der Waals surface area (Å²) in [6.45, 7) is 5.42. The number of rotatable bonds is 4. The van der Waals surface area contributed by atoms with Crippen molar-refractivity contribution in [1.29, 1.82) is 0 Å². The number of allylic oxidation sites excluding steroid dienone is 1. The van der Waals surface area contributed by atoms with Gasteiger partial charge in [0.05, 0.1) is 23.5 Å². The van der Waals surface area contributed by atoms with E-state index in [2.05, 4.69) is 0 Å². The van der Waals surface area contributed by atoms with Crippen LogP contribution in [0.3, 0.4) is 0 Å². The molecule has 1 amide bonds. The van der Waals surface area contributed by atoms with Crippen LogP contribution in [0.25, 0.3) is 0 Å². The van der Waals surface area contributed by atoms with Crippen LogP contribution in [0, 0.1) is 0 Å². The molecule has 1 aliphatic rings. The topological polar surface area (TPSA) is 80.8 Å². The number of nitrogens with zero attached hydrogens (tertiary/aromatic N) is 2. The average Bonchev–Trinajstić information content (AvgIpc) is 2.50. The molecule has 2 rings (SSSR count). The second kappa shape index (κ2) is 7.50. The number of fused-ring (bicyclic) bond motifs is 1. The number of ketones is 2. The molecule has 0 bridgehead atoms. The van der Waals surface area contributed by atoms with E-state index in [1.54, 1.807) is 25.2 Å². The summed E-state index contributed by atoms with van der Waals surface area (Å²) in [4.78, 5) is 39.9. The summed E-state index contributed by atoms with van der Waals surface area (Å²) >= 11 is 6.11. The van der Waals surface area contributed by atoms with E-state index < -0.39 is 23.6 Å². The number of hydrogen-bond acceptors (Lipinski definition) is 5. The van der Waals surface area contributed by atoms with E-state index in [9.17, 15) is 19.5 Å². The van der Waals surface area contributed by atoms with Gasteiger partial charge >= 0.3 is 0 Å². The summed E-state index contributed by atoms with van der Waals surface area (Å²) in [6, 6.07) is 3.64. The van der Waals surface area contributed by atoms with E-state index >= 15 is 0 Å². The molecule has 0 N–H and O–H groups in total. The second-order valence-electron chi connectivity index (χ2n) is 6.58. The molecule has 1 aromatic rings. The van der Waals surface area contributed by atoms with Crippen molar-refractivity contribution in [3.63, 3.8) is 0 Å². The fraction of sp³-hybridized carbons (Fsp3) is 0.421. The predicted octanol–water partition coefficient (Wildman–Crippen LogP) is 2.08. The van der Waals surface area contributed by atoms with Gasteiger partial charge in [-0.05, 0) is 32.0 Å². The molecular formula is C19H22ClN2O4-. The number of amides is 1. The lowest BCUT2D eigenvalue weighted by atomic mass is 9.86. The molecule has 0 aliphatic carbocycles. The van der Waals surface area contributed by atoms with Gasteiger partial charge in [0.1, 0.15) is 5.78 Å². The zero-order valence-corrected chi connectivity index (χ0v) is 16.3. The third-order valence-corrected chi connectivity index (χ3v) is 4.84. The van der Waals surface area contributed by atoms with Gasteiger partial charge in [0, 0.05) is 31.0 Å². The van der Waals surface area contributed by atoms with E-state index in [0.29, 0.717) is 16.4 Å². The lowest BCUT2D eigenvalue weighted by molar-refractivity contribution is -0.303. The highest BCUT2D eigenvalue weighted by Crippen LogP contribution is 2.42. The lowest BCUT2D eigenvalue weighted by Crippen LogP contribution is -2.59. The Morgan fingerprint density at radius 1 is 1.12 bits per heavy atom. The zero-order valence-electron chi connectivity index (χ0n) is 15.5. The van der Waals surface area contributed by atoms with Gasteiger partial charge in [-0.15, -0.1) is 5.76 Å². The first-order valence-electron chi connectivity index (χ1n) is 8.26. The molecule has 1 aromatic carbocycles. The highest BCUT2D eigenvalue weighted by Gasteiger charge is 2.43. The SMILES string of the molecule is CC(=O)CC1C(/C(C(C)=O)=C(/C)[O-])N(C(C)=O)c2ccc(Cl)cc2N1C. The van der Waals surface area contributed by atoms with Crippen LogP contribution in [-0.4, -0.2) is 36.6 Å². The van der Waals surface area contributed by atoms with Crippen LogP contribution in [0.4, 0.5) is 11.4 Å². The Hall–Kier alpha value is -2.34. The predicted molar refractivity (Wildman–Crippen MR) is 99.3 cm³/mol. The third kappa shape index (κ3) is 3.60. The number of carbonyl (C=O) groups excluding carboxylic acids is 3. The molecule has 6 nitrogen and oxygen atoms in total. The van der Waals surface area contributed by atoms with Gasteiger partial charge in [0.25, 0.3) is 0 Å². The smallest absolute Gasteiger partial charge is 0.224 e. The Balaban J connectivity index is 2.80. The molecule has 0 saturated heterocycles. The minimum absolute atomic E-state index is 0.0129. The average molecular weight is 378 g/mol. The minimum Gasteiger partial charge on any atom is -0.875 e. The molecule has 2 unspecified atom stereocenters. The van der Waals surface area contributed by atoms with Gasteiger partial charge in [-0.2, -0.15) is 0 Å². The highest BCUT2D eigenvalue weighted by atomic mass is 35.5. The number of carbonyl (C=O) groups is 3. The van der Waals surface area contributed by atoms with Crippen molar-refractivity contribution in [1.82, 2.24) is 0 Å². The summed E-state index contributed by atoms with van der Waals surface area (Å²) in [5, 5.41) is 12.7. The van der Waals surface area contributed by atoms with Crippen LogP contribution in [0.1, 0.15) is 34.1 Å². The summed E-state index contributed by atoms with van der Waals surface area (Å²) in [7, 11) is 1.77. The quantitative estimate of drug-likeness (QED) is 0.592. The Kier molecular flexibility index (Phi) is 5.76. The molecule has 1 heterocycles. The van der Waals surface area contributed by atoms with E-state index in [0.717, 1.165) is 0 Å². The van der Waals surface area contributed by atoms with Gasteiger partial charge in [0.15, 0.2) is 5.78 Å². The van der Waals surface area contributed by atoms with Crippen LogP contribution in [-0.2, 0) is 14.4 Å². The fourth-order valence-electron chi connectivity index (χ4n) is 3.59. The molecule has 0 fully saturated rings. The summed E-state index contributed by atoms with van der Waals surface area (Å²) < 4.78 is 0. The van der Waals surface area contributed by atoms with Crippen molar-refractivity contribution in [3.8, 4) is 0 Å². The number of Topliss-reactive ketones (excluding diaryl/α,β-unsaturated/α-hetero) is 2. The highest BCUT2D eigenvalue weighted by molar-refractivity contribution is 6.31. The third-order valence-electron chi connectivity index (χ3n) is 4.61. The first-order chi connectivity index (χ1) is 12.1. The Morgan fingerprint density at radius 3 is 2.19 bits per heavy atom. The molecule has 140 valence electrons. The molecule has 7 heteroatoms. The van der Waals surface area contributed by atoms with Crippen molar-refractivity contribution in [2.45, 2.75) is 46.2 Å². The normalized spacial score (nSPS) is 20.4. The standard InChI is InChI=1S/C19H23ClN2O4/c1-10(23)8-17-19(18(11(2)24)12(3)25)22(13(4)26)15-7-6-14(20)9-16(15)21(17)5/h6-7,9,17,19,24H,8H2,1-5H3/p-1/b18-11-. The van der Waals surface area contributed by atoms with Crippen LogP contribution >= 0.6 is 11.6 Å². The van der Waals surface area contributed by atoms with E-state index in [1.807, 2.05) is 4.90 Å². The number of likely N-dealkylation sites (N-methyl/N-ethyl adjacent to an activating group) is 1. The summed E-state index contributed by atoms with van der Waals surface area (Å²) in [5.74, 6) is -1.24. The molecule has 0 saturated carbocycles. The first-order valence-corrected chi connectivity index (χ1v) is 8.64. The number of benzene rings is 1. The number of halogens is 1. The van der Waals surface area contributed by atoms with Gasteiger partial charge in [-0.25, -0.2) is 0 Å². The summed E-state index contributed by atoms with van der Waals surface area (Å²) in [6.07, 6.45) is 0.0843. The Morgan fingerprint density at radius 2 is 1.73 bits per heavy atom. The van der Waals surface area contributed by atoms with Crippen LogP contribution in [0.2, 0.25) is 5.02 Å². The molecule has 0 aromatic heterocycles. The largest absolute Gasteiger partial charge is 0.875 e. The van der Waals surface area contributed by atoms with Crippen molar-refractivity contribution < 1.29 is 19.5 Å². The Labute approximate surface area is 158 Å². The lowest BCUT2D eigenvalue weighted by Gasteiger charge is -2.48. The molecule has 2 atom stereocenters. The van der Waals surface area contributed by atoms with E-state index in [1.165, 1.54) is 32.6 Å². The maximum atomic E-state index is 12.5. The van der Waals surface area contributed by atoms with Gasteiger partial charge in [0.2, 0.25) is 5.91 Å². The van der Waals surface area contributed by atoms with Gasteiger partial charge < -0.3 is 14.9 Å². The van der Waals surface area contributed by atoms with E-state index in [-0.39, 0.29) is 23.7 Å².